The van der Waals surface area contributed by atoms with E-state index in [1.54, 1.807) is 19.1 Å². The fourth-order valence-electron chi connectivity index (χ4n) is 4.73. The number of nitrogens with zero attached hydrogens (tertiary/aromatic N) is 2. The van der Waals surface area contributed by atoms with Crippen LogP contribution in [0.15, 0.2) is 107 Å². The normalized spacial score (nSPS) is 17.2. The number of amidine groups is 1. The SMILES string of the molecule is CCOC(=O)C1=C(c2ccccc2)N=C2SC=C(CC(=O)N[C@H](C)c3ccccc3)N2[C@@H]1c1ccc(Cl)cc1. The van der Waals surface area contributed by atoms with E-state index < -0.39 is 12.0 Å². The number of amides is 1. The van der Waals surface area contributed by atoms with Crippen molar-refractivity contribution in [3.05, 3.63) is 123 Å². The highest BCUT2D eigenvalue weighted by atomic mass is 35.5. The number of benzene rings is 3. The van der Waals surface area contributed by atoms with Crippen molar-refractivity contribution in [1.82, 2.24) is 10.2 Å². The van der Waals surface area contributed by atoms with Gasteiger partial charge >= 0.3 is 5.97 Å². The molecule has 2 aliphatic heterocycles. The summed E-state index contributed by atoms with van der Waals surface area (Å²) < 4.78 is 5.55. The Kier molecular flexibility index (Phi) is 8.19. The second kappa shape index (κ2) is 11.9. The second-order valence-electron chi connectivity index (χ2n) is 9.17. The number of ether oxygens (including phenoxy) is 1. The van der Waals surface area contributed by atoms with Gasteiger partial charge in [0.1, 0.15) is 0 Å². The van der Waals surface area contributed by atoms with Crippen LogP contribution in [0.1, 0.15) is 49.0 Å². The Bertz CT molecular complexity index is 1450. The third kappa shape index (κ3) is 5.79. The summed E-state index contributed by atoms with van der Waals surface area (Å²) in [5, 5.41) is 6.32. The van der Waals surface area contributed by atoms with Crippen molar-refractivity contribution in [2.24, 2.45) is 4.99 Å². The van der Waals surface area contributed by atoms with Crippen molar-refractivity contribution >= 4 is 46.1 Å². The van der Waals surface area contributed by atoms with Crippen molar-refractivity contribution in [1.29, 1.82) is 0 Å². The van der Waals surface area contributed by atoms with E-state index in [0.717, 1.165) is 22.4 Å². The third-order valence-electron chi connectivity index (χ3n) is 6.56. The lowest BCUT2D eigenvalue weighted by atomic mass is 9.91. The molecular formula is C31H28ClN3O3S. The third-order valence-corrected chi connectivity index (χ3v) is 7.70. The van der Waals surface area contributed by atoms with E-state index in [-0.39, 0.29) is 25.0 Å². The quantitative estimate of drug-likeness (QED) is 0.306. The van der Waals surface area contributed by atoms with E-state index in [1.165, 1.54) is 11.8 Å². The first-order valence-corrected chi connectivity index (χ1v) is 14.0. The monoisotopic (exact) mass is 557 g/mol. The van der Waals surface area contributed by atoms with Crippen LogP contribution >= 0.6 is 23.4 Å². The average molecular weight is 558 g/mol. The van der Waals surface area contributed by atoms with Crippen LogP contribution in [0.2, 0.25) is 5.02 Å². The molecule has 198 valence electrons. The number of thioether (sulfide) groups is 1. The van der Waals surface area contributed by atoms with Crippen molar-refractivity contribution in [3.63, 3.8) is 0 Å². The summed E-state index contributed by atoms with van der Waals surface area (Å²) in [7, 11) is 0. The summed E-state index contributed by atoms with van der Waals surface area (Å²) in [5.41, 5.74) is 4.42. The molecule has 0 unspecified atom stereocenters. The fraction of sp³-hybridized carbons (Fsp3) is 0.194. The molecule has 1 N–H and O–H groups in total. The van der Waals surface area contributed by atoms with E-state index in [2.05, 4.69) is 5.32 Å². The first-order chi connectivity index (χ1) is 19.0. The Morgan fingerprint density at radius 3 is 2.36 bits per heavy atom. The molecule has 8 heteroatoms. The van der Waals surface area contributed by atoms with Gasteiger partial charge in [0.05, 0.1) is 36.4 Å². The van der Waals surface area contributed by atoms with Gasteiger partial charge in [-0.2, -0.15) is 0 Å². The minimum atomic E-state index is -0.551. The average Bonchev–Trinajstić information content (AvgIpc) is 3.35. The molecule has 0 aromatic heterocycles. The molecule has 1 amide bonds. The first kappa shape index (κ1) is 26.8. The topological polar surface area (TPSA) is 71.0 Å². The van der Waals surface area contributed by atoms with Crippen LogP contribution < -0.4 is 5.32 Å². The molecule has 2 atom stereocenters. The van der Waals surface area contributed by atoms with E-state index in [0.29, 0.717) is 21.5 Å². The highest BCUT2D eigenvalue weighted by molar-refractivity contribution is 8.16. The summed E-state index contributed by atoms with van der Waals surface area (Å²) in [5.74, 6) is -0.567. The van der Waals surface area contributed by atoms with Crippen LogP contribution in [0.5, 0.6) is 0 Å². The molecule has 39 heavy (non-hydrogen) atoms. The number of rotatable bonds is 8. The van der Waals surface area contributed by atoms with E-state index in [4.69, 9.17) is 21.3 Å². The highest BCUT2D eigenvalue weighted by Gasteiger charge is 2.42. The van der Waals surface area contributed by atoms with E-state index in [1.807, 2.05) is 90.0 Å². The largest absolute Gasteiger partial charge is 0.463 e. The van der Waals surface area contributed by atoms with Crippen LogP contribution in [0.25, 0.3) is 5.70 Å². The summed E-state index contributed by atoms with van der Waals surface area (Å²) in [4.78, 5) is 33.6. The molecule has 0 saturated carbocycles. The van der Waals surface area contributed by atoms with Gasteiger partial charge in [0.15, 0.2) is 5.17 Å². The predicted octanol–water partition coefficient (Wildman–Crippen LogP) is 6.88. The number of hydrogen-bond donors (Lipinski definition) is 1. The van der Waals surface area contributed by atoms with Gasteiger partial charge in [-0.1, -0.05) is 96.2 Å². The number of carbonyl (C=O) groups excluding carboxylic acids is 2. The van der Waals surface area contributed by atoms with Crippen molar-refractivity contribution in [2.45, 2.75) is 32.4 Å². The molecule has 0 fully saturated rings. The molecule has 0 aliphatic carbocycles. The number of halogens is 1. The molecule has 0 saturated heterocycles. The Balaban J connectivity index is 1.53. The molecule has 3 aromatic rings. The van der Waals surface area contributed by atoms with Gasteiger partial charge in [-0.3, -0.25) is 4.79 Å². The zero-order chi connectivity index (χ0) is 27.4. The number of hydrogen-bond acceptors (Lipinski definition) is 6. The van der Waals surface area contributed by atoms with Crippen molar-refractivity contribution < 1.29 is 14.3 Å². The van der Waals surface area contributed by atoms with Gasteiger partial charge in [-0.25, -0.2) is 9.79 Å². The molecule has 0 bridgehead atoms. The Labute approximate surface area is 237 Å². The molecule has 0 spiro atoms. The van der Waals surface area contributed by atoms with Crippen LogP contribution in [-0.4, -0.2) is 28.6 Å². The minimum Gasteiger partial charge on any atom is -0.463 e. The van der Waals surface area contributed by atoms with Gasteiger partial charge < -0.3 is 15.0 Å². The van der Waals surface area contributed by atoms with E-state index >= 15 is 0 Å². The predicted molar refractivity (Wildman–Crippen MR) is 157 cm³/mol. The Morgan fingerprint density at radius 1 is 1.03 bits per heavy atom. The number of aliphatic imine (C=N–C) groups is 1. The molecule has 2 aliphatic rings. The standard InChI is InChI=1S/C31H28ClN3O3S/c1-3-38-30(37)27-28(22-12-8-5-9-13-22)34-31-35(29(27)23-14-16-24(32)17-15-23)25(19-39-31)18-26(36)33-20(2)21-10-6-4-7-11-21/h4-17,19-20,29H,3,18H2,1-2H3,(H,33,36)/t20-,29-/m1/s1. The van der Waals surface area contributed by atoms with Crippen LogP contribution in [-0.2, 0) is 14.3 Å². The van der Waals surface area contributed by atoms with E-state index in [9.17, 15) is 9.59 Å². The maximum atomic E-state index is 13.5. The van der Waals surface area contributed by atoms with Crippen LogP contribution in [0, 0.1) is 0 Å². The summed E-state index contributed by atoms with van der Waals surface area (Å²) in [6, 6.07) is 26.1. The molecular weight excluding hydrogens is 530 g/mol. The van der Waals surface area contributed by atoms with Gasteiger partial charge in [-0.15, -0.1) is 0 Å². The minimum absolute atomic E-state index is 0.121. The van der Waals surface area contributed by atoms with Gasteiger partial charge in [-0.05, 0) is 42.5 Å². The zero-order valence-electron chi connectivity index (χ0n) is 21.6. The Morgan fingerprint density at radius 2 is 1.69 bits per heavy atom. The number of carbonyl (C=O) groups is 2. The Hall–Kier alpha value is -3.81. The fourth-order valence-corrected chi connectivity index (χ4v) is 5.78. The lowest BCUT2D eigenvalue weighted by Crippen LogP contribution is -2.38. The number of esters is 1. The number of fused-ring (bicyclic) bond motifs is 1. The van der Waals surface area contributed by atoms with Crippen molar-refractivity contribution in [3.8, 4) is 0 Å². The zero-order valence-corrected chi connectivity index (χ0v) is 23.2. The lowest BCUT2D eigenvalue weighted by Gasteiger charge is -2.37. The van der Waals surface area contributed by atoms with Crippen LogP contribution in [0.4, 0.5) is 0 Å². The highest BCUT2D eigenvalue weighted by Crippen LogP contribution is 2.47. The first-order valence-electron chi connectivity index (χ1n) is 12.8. The maximum absolute atomic E-state index is 13.5. The molecule has 3 aromatic carbocycles. The summed E-state index contributed by atoms with van der Waals surface area (Å²) in [6.07, 6.45) is 0.129. The summed E-state index contributed by atoms with van der Waals surface area (Å²) in [6.45, 7) is 3.97. The number of nitrogens with one attached hydrogen (secondary N) is 1. The summed E-state index contributed by atoms with van der Waals surface area (Å²) >= 11 is 7.66. The molecule has 6 nitrogen and oxygen atoms in total. The van der Waals surface area contributed by atoms with Gasteiger partial charge in [0, 0.05) is 16.3 Å². The second-order valence-corrected chi connectivity index (χ2v) is 10.4. The molecule has 0 radical (unpaired) electrons. The molecule has 2 heterocycles. The van der Waals surface area contributed by atoms with Gasteiger partial charge in [0.2, 0.25) is 5.91 Å². The van der Waals surface area contributed by atoms with Crippen LogP contribution in [0.3, 0.4) is 0 Å². The molecule has 5 rings (SSSR count). The maximum Gasteiger partial charge on any atom is 0.338 e. The van der Waals surface area contributed by atoms with Crippen molar-refractivity contribution in [2.75, 3.05) is 6.61 Å². The smallest absolute Gasteiger partial charge is 0.338 e. The lowest BCUT2D eigenvalue weighted by molar-refractivity contribution is -0.139. The van der Waals surface area contributed by atoms with Gasteiger partial charge in [0.25, 0.3) is 0 Å².